The molecule has 1 aromatic carbocycles. The fourth-order valence-corrected chi connectivity index (χ4v) is 5.72. The number of hydrogen-bond acceptors (Lipinski definition) is 1. The minimum absolute atomic E-state index is 0.173. The molecule has 0 spiro atoms. The van der Waals surface area contributed by atoms with Crippen LogP contribution < -0.4 is 5.32 Å². The summed E-state index contributed by atoms with van der Waals surface area (Å²) < 4.78 is 0.498. The molecule has 0 radical (unpaired) electrons. The summed E-state index contributed by atoms with van der Waals surface area (Å²) >= 11 is 16.1. The first-order valence-corrected chi connectivity index (χ1v) is 9.47. The van der Waals surface area contributed by atoms with Crippen LogP contribution in [-0.4, -0.2) is 10.2 Å². The number of nitrogens with one attached hydrogen (secondary N) is 1. The molecule has 5 heteroatoms. The monoisotopic (exact) mass is 401 g/mol. The molecule has 1 N–H and O–H groups in total. The van der Waals surface area contributed by atoms with Gasteiger partial charge in [0.05, 0.1) is 0 Å². The van der Waals surface area contributed by atoms with Gasteiger partial charge in [-0.2, -0.15) is 0 Å². The molecule has 1 amide bonds. The van der Waals surface area contributed by atoms with Gasteiger partial charge < -0.3 is 5.32 Å². The third kappa shape index (κ3) is 2.59. The van der Waals surface area contributed by atoms with Gasteiger partial charge in [-0.05, 0) is 67.6 Å². The average molecular weight is 403 g/mol. The Morgan fingerprint density at radius 2 is 1.77 bits per heavy atom. The van der Waals surface area contributed by atoms with Gasteiger partial charge in [0.1, 0.15) is 4.33 Å². The molecule has 0 aliphatic heterocycles. The van der Waals surface area contributed by atoms with Crippen molar-refractivity contribution in [3.05, 3.63) is 28.7 Å². The second kappa shape index (κ2) is 5.39. The maximum Gasteiger partial charge on any atom is 0.228 e. The molecule has 0 heterocycles. The minimum Gasteiger partial charge on any atom is -0.326 e. The SMILES string of the molecule is O=C(Nc1cccc(Br)c1)C1[C@H]2CC[C@H]3[C@@H](CC[C@@H]12)C3(Cl)Cl. The Morgan fingerprint density at radius 1 is 1.14 bits per heavy atom. The summed E-state index contributed by atoms with van der Waals surface area (Å²) in [5.41, 5.74) is 0.863. The minimum atomic E-state index is -0.481. The predicted octanol–water partition coefficient (Wildman–Crippen LogP) is 5.24. The lowest BCUT2D eigenvalue weighted by molar-refractivity contribution is -0.117. The quantitative estimate of drug-likeness (QED) is 0.673. The van der Waals surface area contributed by atoms with Crippen LogP contribution in [0.25, 0.3) is 0 Å². The molecule has 3 fully saturated rings. The van der Waals surface area contributed by atoms with Gasteiger partial charge in [0.2, 0.25) is 5.91 Å². The molecule has 3 saturated carbocycles. The molecule has 1 aromatic rings. The van der Waals surface area contributed by atoms with Crippen molar-refractivity contribution in [2.75, 3.05) is 5.32 Å². The zero-order chi connectivity index (χ0) is 15.5. The van der Waals surface area contributed by atoms with Crippen molar-refractivity contribution in [1.29, 1.82) is 0 Å². The van der Waals surface area contributed by atoms with Crippen molar-refractivity contribution in [2.24, 2.45) is 29.6 Å². The number of benzene rings is 1. The highest BCUT2D eigenvalue weighted by molar-refractivity contribution is 9.10. The fourth-order valence-electron chi connectivity index (χ4n) is 4.40. The summed E-state index contributed by atoms with van der Waals surface area (Å²) in [7, 11) is 0. The van der Waals surface area contributed by atoms with E-state index in [2.05, 4.69) is 21.2 Å². The molecule has 4 rings (SSSR count). The lowest BCUT2D eigenvalue weighted by atomic mass is 10.0. The van der Waals surface area contributed by atoms with E-state index in [1.807, 2.05) is 24.3 Å². The number of fused-ring (bicyclic) bond motifs is 2. The van der Waals surface area contributed by atoms with Crippen LogP contribution in [0.4, 0.5) is 5.69 Å². The second-order valence-corrected chi connectivity index (χ2v) is 9.26. The molecule has 118 valence electrons. The first-order valence-electron chi connectivity index (χ1n) is 7.92. The topological polar surface area (TPSA) is 29.1 Å². The summed E-state index contributed by atoms with van der Waals surface area (Å²) in [5.74, 6) is 2.30. The highest BCUT2D eigenvalue weighted by atomic mass is 79.9. The molecule has 1 unspecified atom stereocenters. The lowest BCUT2D eigenvalue weighted by Crippen LogP contribution is -2.15. The zero-order valence-corrected chi connectivity index (χ0v) is 15.2. The predicted molar refractivity (Wildman–Crippen MR) is 93.1 cm³/mol. The molecule has 0 aromatic heterocycles. The summed E-state index contributed by atoms with van der Waals surface area (Å²) in [6, 6.07) is 7.76. The Kier molecular flexibility index (Phi) is 3.75. The van der Waals surface area contributed by atoms with Crippen LogP contribution in [0.1, 0.15) is 25.7 Å². The van der Waals surface area contributed by atoms with Gasteiger partial charge >= 0.3 is 0 Å². The highest BCUT2D eigenvalue weighted by Gasteiger charge is 2.65. The molecule has 0 bridgehead atoms. The Labute approximate surface area is 149 Å². The van der Waals surface area contributed by atoms with Crippen LogP contribution in [0, 0.1) is 29.6 Å². The van der Waals surface area contributed by atoms with Gasteiger partial charge in [0.15, 0.2) is 0 Å². The van der Waals surface area contributed by atoms with E-state index in [9.17, 15) is 4.79 Å². The van der Waals surface area contributed by atoms with Gasteiger partial charge in [0.25, 0.3) is 0 Å². The third-order valence-electron chi connectivity index (χ3n) is 5.71. The summed E-state index contributed by atoms with van der Waals surface area (Å²) in [5, 5.41) is 3.06. The molecular weight excluding hydrogens is 385 g/mol. The number of alkyl halides is 2. The fraction of sp³-hybridized carbons (Fsp3) is 0.588. The van der Waals surface area contributed by atoms with Crippen molar-refractivity contribution < 1.29 is 4.79 Å². The number of halogens is 3. The van der Waals surface area contributed by atoms with E-state index in [0.29, 0.717) is 23.7 Å². The largest absolute Gasteiger partial charge is 0.326 e. The number of hydrogen-bond donors (Lipinski definition) is 1. The maximum absolute atomic E-state index is 12.5. The number of rotatable bonds is 2. The van der Waals surface area contributed by atoms with Crippen LogP contribution in [0.3, 0.4) is 0 Å². The Bertz CT molecular complexity index is 598. The van der Waals surface area contributed by atoms with Gasteiger partial charge in [-0.1, -0.05) is 22.0 Å². The summed E-state index contributed by atoms with van der Waals surface area (Å²) in [6.45, 7) is 0. The number of carbonyl (C=O) groups excluding carboxylic acids is 1. The average Bonchev–Trinajstić information content (AvgIpc) is 3.23. The standard InChI is InChI=1S/C17H18BrCl2NO/c18-9-2-1-3-10(8-9)21-16(22)15-11-4-6-13-14(17(13,19)20)7-5-12(11)15/h1-3,8,11-15H,4-7H2,(H,21,22)/t11-,12+,13-,14+,15?. The normalized spacial score (nSPS) is 38.0. The number of anilines is 1. The van der Waals surface area contributed by atoms with Crippen molar-refractivity contribution in [3.8, 4) is 0 Å². The van der Waals surface area contributed by atoms with Crippen LogP contribution in [-0.2, 0) is 4.79 Å². The number of amides is 1. The van der Waals surface area contributed by atoms with Crippen molar-refractivity contribution in [1.82, 2.24) is 0 Å². The third-order valence-corrected chi connectivity index (χ3v) is 7.33. The van der Waals surface area contributed by atoms with Gasteiger partial charge in [-0.15, -0.1) is 23.2 Å². The first kappa shape index (κ1) is 15.3. The van der Waals surface area contributed by atoms with E-state index >= 15 is 0 Å². The van der Waals surface area contributed by atoms with Crippen molar-refractivity contribution in [3.63, 3.8) is 0 Å². The first-order chi connectivity index (χ1) is 10.5. The van der Waals surface area contributed by atoms with Crippen molar-refractivity contribution in [2.45, 2.75) is 30.0 Å². The van der Waals surface area contributed by atoms with E-state index in [0.717, 1.165) is 35.8 Å². The van der Waals surface area contributed by atoms with Crippen LogP contribution in [0.15, 0.2) is 28.7 Å². The molecule has 22 heavy (non-hydrogen) atoms. The van der Waals surface area contributed by atoms with Crippen LogP contribution in [0.2, 0.25) is 0 Å². The molecule has 0 saturated heterocycles. The van der Waals surface area contributed by atoms with Crippen LogP contribution >= 0.6 is 39.1 Å². The summed E-state index contributed by atoms with van der Waals surface area (Å²) in [6.07, 6.45) is 4.31. The molecule has 3 aliphatic carbocycles. The Balaban J connectivity index is 1.38. The van der Waals surface area contributed by atoms with E-state index in [1.165, 1.54) is 0 Å². The molecule has 2 nitrogen and oxygen atoms in total. The van der Waals surface area contributed by atoms with Gasteiger partial charge in [-0.25, -0.2) is 0 Å². The van der Waals surface area contributed by atoms with E-state index in [-0.39, 0.29) is 11.8 Å². The lowest BCUT2D eigenvalue weighted by Gasteiger charge is -2.05. The smallest absolute Gasteiger partial charge is 0.228 e. The van der Waals surface area contributed by atoms with E-state index < -0.39 is 4.33 Å². The van der Waals surface area contributed by atoms with Gasteiger partial charge in [-0.3, -0.25) is 4.79 Å². The maximum atomic E-state index is 12.5. The second-order valence-electron chi connectivity index (χ2n) is 6.90. The zero-order valence-electron chi connectivity index (χ0n) is 12.1. The van der Waals surface area contributed by atoms with Crippen LogP contribution in [0.5, 0.6) is 0 Å². The molecule has 5 atom stereocenters. The molecule has 3 aliphatic rings. The van der Waals surface area contributed by atoms with Crippen molar-refractivity contribution >= 4 is 50.7 Å². The highest BCUT2D eigenvalue weighted by Crippen LogP contribution is 2.67. The Hall–Kier alpha value is -0.250. The summed E-state index contributed by atoms with van der Waals surface area (Å²) in [4.78, 5) is 12.5. The number of carbonyl (C=O) groups is 1. The Morgan fingerprint density at radius 3 is 2.36 bits per heavy atom. The van der Waals surface area contributed by atoms with Gasteiger partial charge in [0, 0.05) is 16.1 Å². The van der Waals surface area contributed by atoms with E-state index in [1.54, 1.807) is 0 Å². The van der Waals surface area contributed by atoms with E-state index in [4.69, 9.17) is 23.2 Å². The molecular formula is C17H18BrCl2NO.